The fraction of sp³-hybridized carbons (Fsp3) is 0.607. The van der Waals surface area contributed by atoms with Gasteiger partial charge in [0.15, 0.2) is 52.0 Å². The molecule has 0 radical (unpaired) electrons. The van der Waals surface area contributed by atoms with Gasteiger partial charge in [0.2, 0.25) is 5.78 Å². The Labute approximate surface area is 890 Å². The van der Waals surface area contributed by atoms with E-state index < -0.39 is 70.6 Å². The monoisotopic (exact) mass is 2160 g/mol. The van der Waals surface area contributed by atoms with Crippen LogP contribution in [-0.2, 0) is 63.8 Å². The zero-order valence-corrected chi connectivity index (χ0v) is 92.1. The van der Waals surface area contributed by atoms with Crippen molar-refractivity contribution in [3.05, 3.63) is 95.2 Å². The number of pyridine rings is 5. The van der Waals surface area contributed by atoms with E-state index in [0.29, 0.717) is 77.7 Å². The number of amides is 3. The van der Waals surface area contributed by atoms with Crippen molar-refractivity contribution in [1.82, 2.24) is 94.7 Å². The number of carbonyl (C=O) groups is 9. The molecule has 0 saturated carbocycles. The lowest BCUT2D eigenvalue weighted by Crippen LogP contribution is -2.45. The van der Waals surface area contributed by atoms with E-state index in [2.05, 4.69) is 89.0 Å². The summed E-state index contributed by atoms with van der Waals surface area (Å²) in [6, 6.07) is 19.7. The number of hydrogen-bond acceptors (Lipinski definition) is 30. The van der Waals surface area contributed by atoms with Crippen molar-refractivity contribution in [2.75, 3.05) is 141 Å². The van der Waals surface area contributed by atoms with E-state index in [-0.39, 0.29) is 70.7 Å². The van der Waals surface area contributed by atoms with Crippen LogP contribution in [-0.4, -0.2) is 296 Å². The van der Waals surface area contributed by atoms with Gasteiger partial charge in [0.05, 0.1) is 44.4 Å². The predicted octanol–water partition coefficient (Wildman–Crippen LogP) is 17.7. The lowest BCUT2D eigenvalue weighted by atomic mass is 9.92. The minimum absolute atomic E-state index is 0. The van der Waals surface area contributed by atoms with Crippen LogP contribution in [0.5, 0.6) is 0 Å². The van der Waals surface area contributed by atoms with Crippen LogP contribution in [0.3, 0.4) is 0 Å². The number of allylic oxidation sites excluding steroid dienone is 1. The average Bonchev–Trinajstić information content (AvgIpc) is 1.58. The van der Waals surface area contributed by atoms with Gasteiger partial charge < -0.3 is 80.0 Å². The fourth-order valence-corrected chi connectivity index (χ4v) is 20.6. The van der Waals surface area contributed by atoms with Crippen LogP contribution in [0.1, 0.15) is 283 Å². The van der Waals surface area contributed by atoms with E-state index in [4.69, 9.17) is 65.8 Å². The molecule has 8 fully saturated rings. The molecule has 10 aromatic heterocycles. The van der Waals surface area contributed by atoms with Gasteiger partial charge >= 0.3 is 36.2 Å². The van der Waals surface area contributed by atoms with Crippen LogP contribution >= 0.6 is 27.5 Å². The molecule has 150 heavy (non-hydrogen) atoms. The summed E-state index contributed by atoms with van der Waals surface area (Å²) in [5.74, 6) is 1.38. The third kappa shape index (κ3) is 30.7. The third-order valence-corrected chi connectivity index (χ3v) is 28.5. The number of ketones is 2. The summed E-state index contributed by atoms with van der Waals surface area (Å²) in [7, 11) is 9.08. The first-order valence-electron chi connectivity index (χ1n) is 52.8. The summed E-state index contributed by atoms with van der Waals surface area (Å²) in [4.78, 5) is 153. The number of esters is 1. The Balaban J connectivity index is 0.000000163. The number of carbonyl (C=O) groups excluding carboxylic acids is 7. The number of anilines is 5. The van der Waals surface area contributed by atoms with Crippen LogP contribution in [0, 0.1) is 17.8 Å². The fourth-order valence-electron chi connectivity index (χ4n) is 20.2. The molecule has 9 aliphatic heterocycles. The minimum atomic E-state index is -1.01. The maximum atomic E-state index is 12.9. The number of aliphatic carboxylic acids is 1. The second-order valence-electron chi connectivity index (χ2n) is 42.8. The van der Waals surface area contributed by atoms with Crippen molar-refractivity contribution in [2.45, 2.75) is 252 Å². The smallest absolute Gasteiger partial charge is 0.410 e. The summed E-state index contributed by atoms with van der Waals surface area (Å²) >= 11 is 8.76. The molecule has 3 unspecified atom stereocenters. The van der Waals surface area contributed by atoms with Crippen molar-refractivity contribution in [3.63, 3.8) is 0 Å². The molecule has 19 rings (SSSR count). The van der Waals surface area contributed by atoms with Crippen molar-refractivity contribution in [3.8, 4) is 0 Å². The Morgan fingerprint density at radius 2 is 0.673 bits per heavy atom. The molecule has 3 amide bonds. The van der Waals surface area contributed by atoms with Crippen LogP contribution < -0.4 is 30.7 Å². The number of aryl methyl sites for hydroxylation is 5. The van der Waals surface area contributed by atoms with Crippen LogP contribution in [0.2, 0.25) is 0 Å². The number of alkyl halides is 1. The average molecular weight is 2160 g/mol. The molecular formula is C107H153BrClN25O16. The number of aliphatic imine (C=N–C) groups is 1. The van der Waals surface area contributed by atoms with Gasteiger partial charge in [-0.2, -0.15) is 25.5 Å². The number of rotatable bonds is 16. The maximum Gasteiger partial charge on any atom is 0.410 e. The van der Waals surface area contributed by atoms with Gasteiger partial charge in [0.1, 0.15) is 63.0 Å². The van der Waals surface area contributed by atoms with E-state index in [1.54, 1.807) is 81.4 Å². The second-order valence-corrected chi connectivity index (χ2v) is 43.7. The Hall–Kier alpha value is -12.6. The van der Waals surface area contributed by atoms with Crippen molar-refractivity contribution >= 4 is 176 Å². The van der Waals surface area contributed by atoms with Crippen LogP contribution in [0.4, 0.5) is 43.5 Å². The standard InChI is InChI=1S/C27H38N6O2.C26H37N5O5.C15H19BrN4O.C14H17ClN4O.C14H18N4O2.C11H19NO4.H3N.H2O/c1-27(2,3)35-26(34)33-17-9-10-19(18-33)21-12-13-22(28-21)24-20-11-14-23(29-25(20)31(4)30-24)32-15-7-5-6-8-16-32;1-26(2,3)36-25(34)31-15-9-10-18(16-31)24(33)35-17-20(32)22-19-11-12-21(27-23(19)29(4)28-22)30-13-7-5-6-8-14-30;1-19-15-11(14(18-19)12(21)10-16)6-7-13(17-15)20-8-4-2-3-5-9-20;1-18-14-10(12(17-18)13(15)20)6-7-11(16-14)19-8-4-2-3-5-9-19;1-17-13-10(12(16-17)14(19)20)6-7-11(15-13)18-8-4-2-3-5-9-18;1-11(2,3)16-10(15)12-6-4-5-8(7-12)9(13)14;;/h11,13-14,19H,5-10,12,15-18H2,1-4H3;11-12,18H,5-10,13-17H2,1-4H3;6-7H,2-5,8-10H2,1H3;6-7H,2-5,8-9H2,1H3;6-7H,2-5,8-9H2,1H3,(H,19,20);8H,4-7H2,1-3H3,(H,13,14);1H3;1H2. The summed E-state index contributed by atoms with van der Waals surface area (Å²) in [6.45, 7) is 29.5. The minimum Gasteiger partial charge on any atom is -0.481 e. The van der Waals surface area contributed by atoms with E-state index in [1.807, 2.05) is 93.0 Å². The number of aromatic carboxylic acids is 1. The summed E-state index contributed by atoms with van der Waals surface area (Å²) in [5.41, 5.74) is 6.07. The number of ether oxygens (including phenoxy) is 4. The van der Waals surface area contributed by atoms with Gasteiger partial charge in [0, 0.05) is 163 Å². The number of carboxylic acids is 2. The summed E-state index contributed by atoms with van der Waals surface area (Å²) in [5, 5.41) is 43.3. The zero-order valence-electron chi connectivity index (χ0n) is 89.8. The Bertz CT molecular complexity index is 6290. The number of halogens is 2. The topological polar surface area (TPSA) is 489 Å². The first-order valence-corrected chi connectivity index (χ1v) is 54.3. The van der Waals surface area contributed by atoms with Crippen LogP contribution in [0.25, 0.3) is 60.9 Å². The lowest BCUT2D eigenvalue weighted by molar-refractivity contribution is -0.149. The zero-order chi connectivity index (χ0) is 106. The van der Waals surface area contributed by atoms with Gasteiger partial charge in [-0.3, -0.25) is 29.0 Å². The van der Waals surface area contributed by atoms with E-state index in [0.717, 1.165) is 179 Å². The molecule has 9 aliphatic rings. The molecule has 41 nitrogen and oxygen atoms in total. The molecule has 43 heteroatoms. The normalized spacial score (nSPS) is 18.6. The number of carboxylic acid groups (broad SMARTS) is 2. The Kier molecular flexibility index (Phi) is 41.0. The van der Waals surface area contributed by atoms with Gasteiger partial charge in [0.25, 0.3) is 5.24 Å². The van der Waals surface area contributed by atoms with Gasteiger partial charge in [-0.15, -0.1) is 0 Å². The molecule has 19 heterocycles. The molecule has 7 N–H and O–H groups in total. The lowest BCUT2D eigenvalue weighted by Gasteiger charge is -2.34. The third-order valence-electron chi connectivity index (χ3n) is 27.8. The summed E-state index contributed by atoms with van der Waals surface area (Å²) < 4.78 is 29.9. The highest BCUT2D eigenvalue weighted by molar-refractivity contribution is 9.09. The molecule has 0 spiro atoms. The van der Waals surface area contributed by atoms with Crippen molar-refractivity contribution < 1.29 is 77.8 Å². The van der Waals surface area contributed by atoms with E-state index in [1.165, 1.54) is 125 Å². The van der Waals surface area contributed by atoms with Crippen LogP contribution in [0.15, 0.2) is 71.7 Å². The molecule has 0 aromatic carbocycles. The first-order chi connectivity index (χ1) is 70.7. The van der Waals surface area contributed by atoms with Gasteiger partial charge in [-0.25, -0.2) is 67.5 Å². The quantitative estimate of drug-likeness (QED) is 0.0266. The van der Waals surface area contributed by atoms with E-state index in [9.17, 15) is 43.2 Å². The molecule has 8 saturated heterocycles. The SMILES string of the molecule is CC(C)(C)OC(=O)N1CCCC(C(=O)O)C1.Cn1nc(C(=O)CBr)c2ccc(N3CCCCCC3)nc21.Cn1nc(C(=O)COC(=O)C2CCCN(C(=O)OC(C)(C)C)C2)c2ccc(N3CCCCCC3)nc21.Cn1nc(C(=O)Cl)c2ccc(N3CCCCCC3)nc21.Cn1nc(C(=O)O)c2ccc(N3CCCCCC3)nc21.Cn1nc(C2=CCC(C3CCCN(C(=O)OC(C)(C)C)C3)=N2)c2ccc(N3CCCCCC3)nc21.N.O. The second kappa shape index (κ2) is 52.9. The van der Waals surface area contributed by atoms with Gasteiger partial charge in [-0.1, -0.05) is 86.2 Å². The number of nitrogens with zero attached hydrogens (tertiary/aromatic N) is 24. The molecule has 0 bridgehead atoms. The van der Waals surface area contributed by atoms with Gasteiger partial charge in [-0.05, 0) is 237 Å². The van der Waals surface area contributed by atoms with E-state index >= 15 is 0 Å². The maximum absolute atomic E-state index is 12.9. The molecule has 3 atom stereocenters. The first kappa shape index (κ1) is 116. The van der Waals surface area contributed by atoms with Crippen molar-refractivity contribution in [2.24, 2.45) is 58.0 Å². The van der Waals surface area contributed by atoms with Crippen molar-refractivity contribution in [1.29, 1.82) is 0 Å². The number of hydrogen-bond donors (Lipinski definition) is 3. The predicted molar refractivity (Wildman–Crippen MR) is 584 cm³/mol. The molecule has 10 aromatic rings. The largest absolute Gasteiger partial charge is 0.481 e. The Morgan fingerprint density at radius 1 is 0.373 bits per heavy atom. The highest BCUT2D eigenvalue weighted by Crippen LogP contribution is 2.37. The number of Topliss-reactive ketones (excluding diaryl/α,β-unsaturated/α-hetero) is 2. The highest BCUT2D eigenvalue weighted by Gasteiger charge is 2.37. The Morgan fingerprint density at radius 3 is 1.02 bits per heavy atom. The molecular weight excluding hydrogens is 2010 g/mol. The molecule has 816 valence electrons. The number of aromatic nitrogens is 15. The number of piperidine rings is 3. The molecule has 0 aliphatic carbocycles. The number of fused-ring (bicyclic) bond motifs is 5. The highest BCUT2D eigenvalue weighted by atomic mass is 79.9. The number of likely N-dealkylation sites (tertiary alicyclic amines) is 3. The summed E-state index contributed by atoms with van der Waals surface area (Å²) in [6.07, 6.45) is 31.3.